The molecule has 0 aliphatic heterocycles. The fourth-order valence-corrected chi connectivity index (χ4v) is 2.89. The number of hydrogen-bond acceptors (Lipinski definition) is 3. The molecule has 0 spiro atoms. The van der Waals surface area contributed by atoms with E-state index in [-0.39, 0.29) is 5.56 Å². The van der Waals surface area contributed by atoms with Gasteiger partial charge in [-0.3, -0.25) is 5.10 Å². The van der Waals surface area contributed by atoms with E-state index in [1.165, 1.54) is 6.07 Å². The smallest absolute Gasteiger partial charge is 0.231 e. The van der Waals surface area contributed by atoms with Gasteiger partial charge in [0.25, 0.3) is 0 Å². The average Bonchev–Trinajstić information content (AvgIpc) is 3.02. The number of nitrogens with one attached hydrogen (secondary N) is 1. The van der Waals surface area contributed by atoms with Gasteiger partial charge in [0.15, 0.2) is 0 Å². The van der Waals surface area contributed by atoms with Crippen LogP contribution in [0.25, 0.3) is 32.9 Å². The standard InChI is InChI=1S/C18H11FN4/c1-10-2-5-15-14(9-21-23-15)17(10)12-4-3-11-6-13(8-20)18(19)22-16(11)7-12/h2-7,9H,1H3,(H,21,23). The number of nitrogens with zero attached hydrogens (tertiary/aromatic N) is 3. The molecule has 0 unspecified atom stereocenters. The lowest BCUT2D eigenvalue weighted by Crippen LogP contribution is -1.92. The van der Waals surface area contributed by atoms with Crippen molar-refractivity contribution in [3.05, 3.63) is 59.7 Å². The number of halogens is 1. The van der Waals surface area contributed by atoms with Gasteiger partial charge in [-0.15, -0.1) is 0 Å². The third-order valence-electron chi connectivity index (χ3n) is 4.01. The van der Waals surface area contributed by atoms with Crippen molar-refractivity contribution < 1.29 is 4.39 Å². The summed E-state index contributed by atoms with van der Waals surface area (Å²) in [6, 6.07) is 13.0. The molecule has 110 valence electrons. The predicted molar refractivity (Wildman–Crippen MR) is 86.2 cm³/mol. The average molecular weight is 302 g/mol. The monoisotopic (exact) mass is 302 g/mol. The summed E-state index contributed by atoms with van der Waals surface area (Å²) in [5, 5.41) is 17.7. The Morgan fingerprint density at radius 2 is 2.04 bits per heavy atom. The maximum Gasteiger partial charge on any atom is 0.231 e. The first-order valence-corrected chi connectivity index (χ1v) is 7.11. The zero-order valence-corrected chi connectivity index (χ0v) is 12.3. The van der Waals surface area contributed by atoms with E-state index in [0.717, 1.165) is 33.0 Å². The van der Waals surface area contributed by atoms with Gasteiger partial charge in [-0.2, -0.15) is 14.8 Å². The van der Waals surface area contributed by atoms with Crippen molar-refractivity contribution in [3.8, 4) is 17.2 Å². The summed E-state index contributed by atoms with van der Waals surface area (Å²) in [4.78, 5) is 3.92. The van der Waals surface area contributed by atoms with E-state index in [2.05, 4.69) is 15.2 Å². The number of aromatic amines is 1. The van der Waals surface area contributed by atoms with E-state index >= 15 is 0 Å². The number of fused-ring (bicyclic) bond motifs is 2. The van der Waals surface area contributed by atoms with Gasteiger partial charge in [-0.1, -0.05) is 18.2 Å². The molecule has 2 aromatic carbocycles. The molecule has 0 fully saturated rings. The molecule has 23 heavy (non-hydrogen) atoms. The van der Waals surface area contributed by atoms with E-state index in [0.29, 0.717) is 5.52 Å². The normalized spacial score (nSPS) is 11.0. The largest absolute Gasteiger partial charge is 0.278 e. The molecule has 4 aromatic rings. The predicted octanol–water partition coefficient (Wildman–Crippen LogP) is 4.10. The topological polar surface area (TPSA) is 65.4 Å². The molecule has 0 bridgehead atoms. The molecule has 0 saturated carbocycles. The van der Waals surface area contributed by atoms with Crippen molar-refractivity contribution in [1.29, 1.82) is 5.26 Å². The Balaban J connectivity index is 2.00. The third kappa shape index (κ3) is 2.04. The summed E-state index contributed by atoms with van der Waals surface area (Å²) < 4.78 is 13.8. The molecule has 0 radical (unpaired) electrons. The Morgan fingerprint density at radius 1 is 1.17 bits per heavy atom. The summed E-state index contributed by atoms with van der Waals surface area (Å²) in [5.41, 5.74) is 4.53. The Kier molecular flexibility index (Phi) is 2.85. The Morgan fingerprint density at radius 3 is 2.87 bits per heavy atom. The van der Waals surface area contributed by atoms with Crippen LogP contribution in [0.2, 0.25) is 0 Å². The molecule has 0 saturated heterocycles. The van der Waals surface area contributed by atoms with Crippen LogP contribution in [-0.4, -0.2) is 15.2 Å². The number of aryl methyl sites for hydroxylation is 1. The fourth-order valence-electron chi connectivity index (χ4n) is 2.89. The lowest BCUT2D eigenvalue weighted by atomic mass is 9.96. The quantitative estimate of drug-likeness (QED) is 0.538. The summed E-state index contributed by atoms with van der Waals surface area (Å²) in [7, 11) is 0. The van der Waals surface area contributed by atoms with Crippen LogP contribution in [0.15, 0.2) is 42.6 Å². The zero-order valence-electron chi connectivity index (χ0n) is 12.3. The summed E-state index contributed by atoms with van der Waals surface area (Å²) in [5.74, 6) is -0.740. The number of hydrogen-bond donors (Lipinski definition) is 1. The van der Waals surface area contributed by atoms with Crippen LogP contribution in [0.1, 0.15) is 11.1 Å². The summed E-state index contributed by atoms with van der Waals surface area (Å²) in [6.07, 6.45) is 1.79. The second kappa shape index (κ2) is 4.89. The van der Waals surface area contributed by atoms with Crippen LogP contribution in [0.5, 0.6) is 0 Å². The molecule has 4 rings (SSSR count). The first-order valence-electron chi connectivity index (χ1n) is 7.11. The van der Waals surface area contributed by atoms with Gasteiger partial charge in [0.1, 0.15) is 11.6 Å². The highest BCUT2D eigenvalue weighted by Crippen LogP contribution is 2.32. The molecule has 5 heteroatoms. The first-order chi connectivity index (χ1) is 11.2. The maximum absolute atomic E-state index is 13.8. The molecule has 0 aliphatic rings. The second-order valence-corrected chi connectivity index (χ2v) is 5.43. The molecular weight excluding hydrogens is 291 g/mol. The van der Waals surface area contributed by atoms with Crippen molar-refractivity contribution in [1.82, 2.24) is 15.2 Å². The number of nitriles is 1. The minimum Gasteiger partial charge on any atom is -0.278 e. The minimum absolute atomic E-state index is 0.0432. The number of benzene rings is 2. The Hall–Kier alpha value is -3.26. The van der Waals surface area contributed by atoms with Crippen molar-refractivity contribution in [2.75, 3.05) is 0 Å². The van der Waals surface area contributed by atoms with Crippen LogP contribution in [0.4, 0.5) is 4.39 Å². The number of H-pyrrole nitrogens is 1. The van der Waals surface area contributed by atoms with Crippen molar-refractivity contribution >= 4 is 21.8 Å². The summed E-state index contributed by atoms with van der Waals surface area (Å²) in [6.45, 7) is 2.03. The van der Waals surface area contributed by atoms with E-state index in [1.54, 1.807) is 6.20 Å². The van der Waals surface area contributed by atoms with E-state index in [1.807, 2.05) is 43.3 Å². The first kappa shape index (κ1) is 13.4. The van der Waals surface area contributed by atoms with Crippen molar-refractivity contribution in [3.63, 3.8) is 0 Å². The molecule has 0 atom stereocenters. The van der Waals surface area contributed by atoms with Crippen LogP contribution >= 0.6 is 0 Å². The molecule has 0 aliphatic carbocycles. The van der Waals surface area contributed by atoms with Gasteiger partial charge >= 0.3 is 0 Å². The number of rotatable bonds is 1. The number of aromatic nitrogens is 3. The molecular formula is C18H11FN4. The SMILES string of the molecule is Cc1ccc2[nH]ncc2c1-c1ccc2cc(C#N)c(F)nc2c1. The molecule has 0 amide bonds. The fraction of sp³-hybridized carbons (Fsp3) is 0.0556. The van der Waals surface area contributed by atoms with Gasteiger partial charge in [0, 0.05) is 10.8 Å². The van der Waals surface area contributed by atoms with Crippen LogP contribution in [0, 0.1) is 24.2 Å². The Labute approximate surface area is 131 Å². The maximum atomic E-state index is 13.8. The van der Waals surface area contributed by atoms with Gasteiger partial charge in [0.2, 0.25) is 5.95 Å². The number of pyridine rings is 1. The van der Waals surface area contributed by atoms with E-state index < -0.39 is 5.95 Å². The van der Waals surface area contributed by atoms with E-state index in [9.17, 15) is 4.39 Å². The summed E-state index contributed by atoms with van der Waals surface area (Å²) >= 11 is 0. The van der Waals surface area contributed by atoms with Gasteiger partial charge in [-0.05, 0) is 41.8 Å². The van der Waals surface area contributed by atoms with Gasteiger partial charge < -0.3 is 0 Å². The lowest BCUT2D eigenvalue weighted by molar-refractivity contribution is 0.585. The highest BCUT2D eigenvalue weighted by molar-refractivity contribution is 5.98. The molecule has 4 nitrogen and oxygen atoms in total. The second-order valence-electron chi connectivity index (χ2n) is 5.43. The van der Waals surface area contributed by atoms with Crippen LogP contribution < -0.4 is 0 Å². The highest BCUT2D eigenvalue weighted by atomic mass is 19.1. The third-order valence-corrected chi connectivity index (χ3v) is 4.01. The molecule has 2 heterocycles. The van der Waals surface area contributed by atoms with Crippen molar-refractivity contribution in [2.24, 2.45) is 0 Å². The Bertz CT molecular complexity index is 1110. The highest BCUT2D eigenvalue weighted by Gasteiger charge is 2.11. The van der Waals surface area contributed by atoms with Gasteiger partial charge in [-0.25, -0.2) is 4.98 Å². The van der Waals surface area contributed by atoms with Gasteiger partial charge in [0.05, 0.1) is 17.2 Å². The minimum atomic E-state index is -0.740. The van der Waals surface area contributed by atoms with E-state index in [4.69, 9.17) is 5.26 Å². The lowest BCUT2D eigenvalue weighted by Gasteiger charge is -2.09. The van der Waals surface area contributed by atoms with Crippen LogP contribution in [-0.2, 0) is 0 Å². The zero-order chi connectivity index (χ0) is 16.0. The molecule has 1 N–H and O–H groups in total. The van der Waals surface area contributed by atoms with Crippen LogP contribution in [0.3, 0.4) is 0 Å². The van der Waals surface area contributed by atoms with Crippen molar-refractivity contribution in [2.45, 2.75) is 6.92 Å². The molecule has 2 aromatic heterocycles.